The molecule has 0 aliphatic heterocycles. The third kappa shape index (κ3) is 3.06. The number of carbonyl (C=O) groups is 1. The second kappa shape index (κ2) is 6.28. The predicted octanol–water partition coefficient (Wildman–Crippen LogP) is 3.21. The lowest BCUT2D eigenvalue weighted by atomic mass is 10.1. The van der Waals surface area contributed by atoms with Gasteiger partial charge in [-0.3, -0.25) is 9.59 Å². The molecule has 0 fully saturated rings. The number of anilines is 1. The van der Waals surface area contributed by atoms with Crippen LogP contribution in [0.1, 0.15) is 24.1 Å². The van der Waals surface area contributed by atoms with Gasteiger partial charge in [-0.2, -0.15) is 5.10 Å². The third-order valence-corrected chi connectivity index (χ3v) is 3.96. The zero-order valence-electron chi connectivity index (χ0n) is 13.9. The molecule has 5 nitrogen and oxygen atoms in total. The lowest BCUT2D eigenvalue weighted by Crippen LogP contribution is -2.33. The molecule has 3 rings (SSSR count). The molecule has 2 aromatic carbocycles. The van der Waals surface area contributed by atoms with Crippen molar-refractivity contribution in [3.63, 3.8) is 0 Å². The summed E-state index contributed by atoms with van der Waals surface area (Å²) < 4.78 is 1.22. The van der Waals surface area contributed by atoms with Gasteiger partial charge in [-0.15, -0.1) is 0 Å². The quantitative estimate of drug-likeness (QED) is 0.805. The Hall–Kier alpha value is -2.95. The summed E-state index contributed by atoms with van der Waals surface area (Å²) >= 11 is 0. The third-order valence-electron chi connectivity index (χ3n) is 3.96. The van der Waals surface area contributed by atoms with Gasteiger partial charge in [0, 0.05) is 11.1 Å². The van der Waals surface area contributed by atoms with Gasteiger partial charge in [-0.05, 0) is 50.1 Å². The van der Waals surface area contributed by atoms with E-state index in [-0.39, 0.29) is 11.5 Å². The zero-order chi connectivity index (χ0) is 17.3. The zero-order valence-corrected chi connectivity index (χ0v) is 13.9. The Morgan fingerprint density at radius 3 is 2.50 bits per heavy atom. The number of benzene rings is 2. The van der Waals surface area contributed by atoms with E-state index in [0.29, 0.717) is 5.39 Å². The summed E-state index contributed by atoms with van der Waals surface area (Å²) in [4.78, 5) is 25.1. The summed E-state index contributed by atoms with van der Waals surface area (Å²) in [6, 6.07) is 12.3. The van der Waals surface area contributed by atoms with E-state index in [4.69, 9.17) is 0 Å². The summed E-state index contributed by atoms with van der Waals surface area (Å²) in [5.41, 5.74) is 2.59. The highest BCUT2D eigenvalue weighted by atomic mass is 16.2. The Bertz CT molecular complexity index is 956. The molecule has 5 heteroatoms. The molecule has 3 aromatic rings. The first-order valence-corrected chi connectivity index (χ1v) is 7.81. The van der Waals surface area contributed by atoms with Gasteiger partial charge >= 0.3 is 0 Å². The molecule has 0 radical (unpaired) electrons. The van der Waals surface area contributed by atoms with Gasteiger partial charge in [0.15, 0.2) is 0 Å². The molecule has 24 heavy (non-hydrogen) atoms. The van der Waals surface area contributed by atoms with Crippen LogP contribution >= 0.6 is 0 Å². The van der Waals surface area contributed by atoms with Gasteiger partial charge in [-0.25, -0.2) is 4.68 Å². The first kappa shape index (κ1) is 15.9. The predicted molar refractivity (Wildman–Crippen MR) is 95.3 cm³/mol. The molecule has 1 amide bonds. The highest BCUT2D eigenvalue weighted by Crippen LogP contribution is 2.16. The molecule has 0 saturated carbocycles. The second-order valence-electron chi connectivity index (χ2n) is 6.02. The lowest BCUT2D eigenvalue weighted by molar-refractivity contribution is -0.119. The Labute approximate surface area is 139 Å². The number of aromatic nitrogens is 2. The van der Waals surface area contributed by atoms with E-state index < -0.39 is 6.04 Å². The highest BCUT2D eigenvalue weighted by Gasteiger charge is 2.18. The van der Waals surface area contributed by atoms with Crippen molar-refractivity contribution in [1.82, 2.24) is 9.78 Å². The Morgan fingerprint density at radius 1 is 1.12 bits per heavy atom. The van der Waals surface area contributed by atoms with Crippen molar-refractivity contribution in [3.05, 3.63) is 70.1 Å². The molecule has 1 N–H and O–H groups in total. The van der Waals surface area contributed by atoms with Crippen molar-refractivity contribution >= 4 is 22.4 Å². The van der Waals surface area contributed by atoms with Crippen LogP contribution in [-0.4, -0.2) is 15.7 Å². The molecular formula is C19H19N3O2. The molecule has 1 heterocycles. The number of nitrogens with one attached hydrogen (secondary N) is 1. The van der Waals surface area contributed by atoms with Crippen LogP contribution < -0.4 is 10.9 Å². The molecule has 122 valence electrons. The SMILES string of the molecule is Cc1cc(C)cc(NC(=O)C(C)n2ncc3ccccc3c2=O)c1. The van der Waals surface area contributed by atoms with Crippen molar-refractivity contribution < 1.29 is 4.79 Å². The summed E-state index contributed by atoms with van der Waals surface area (Å²) in [6.07, 6.45) is 1.61. The van der Waals surface area contributed by atoms with E-state index in [1.54, 1.807) is 25.3 Å². The first-order chi connectivity index (χ1) is 11.5. The van der Waals surface area contributed by atoms with E-state index in [2.05, 4.69) is 10.4 Å². The summed E-state index contributed by atoms with van der Waals surface area (Å²) in [5, 5.41) is 8.32. The maximum absolute atomic E-state index is 12.6. The van der Waals surface area contributed by atoms with E-state index >= 15 is 0 Å². The van der Waals surface area contributed by atoms with Crippen LogP contribution in [-0.2, 0) is 4.79 Å². The number of carbonyl (C=O) groups excluding carboxylic acids is 1. The van der Waals surface area contributed by atoms with Gasteiger partial charge in [0.1, 0.15) is 6.04 Å². The van der Waals surface area contributed by atoms with Crippen molar-refractivity contribution in [1.29, 1.82) is 0 Å². The van der Waals surface area contributed by atoms with Crippen molar-refractivity contribution in [2.45, 2.75) is 26.8 Å². The average molecular weight is 321 g/mol. The number of aryl methyl sites for hydroxylation is 2. The maximum atomic E-state index is 12.6. The Balaban J connectivity index is 1.91. The van der Waals surface area contributed by atoms with Gasteiger partial charge in [0.2, 0.25) is 5.91 Å². The van der Waals surface area contributed by atoms with E-state index in [1.165, 1.54) is 4.68 Å². The first-order valence-electron chi connectivity index (χ1n) is 7.81. The van der Waals surface area contributed by atoms with Crippen LogP contribution in [0.5, 0.6) is 0 Å². The van der Waals surface area contributed by atoms with Gasteiger partial charge in [0.05, 0.1) is 11.6 Å². The van der Waals surface area contributed by atoms with Gasteiger partial charge in [-0.1, -0.05) is 24.3 Å². The topological polar surface area (TPSA) is 64.0 Å². The molecule has 0 saturated heterocycles. The van der Waals surface area contributed by atoms with E-state index in [0.717, 1.165) is 22.2 Å². The molecule has 0 bridgehead atoms. The molecule has 1 atom stereocenters. The molecule has 1 unspecified atom stereocenters. The van der Waals surface area contributed by atoms with Crippen molar-refractivity contribution in [3.8, 4) is 0 Å². The minimum atomic E-state index is -0.706. The maximum Gasteiger partial charge on any atom is 0.275 e. The minimum Gasteiger partial charge on any atom is -0.324 e. The number of hydrogen-bond donors (Lipinski definition) is 1. The van der Waals surface area contributed by atoms with Crippen molar-refractivity contribution in [2.75, 3.05) is 5.32 Å². The fourth-order valence-electron chi connectivity index (χ4n) is 2.79. The molecular weight excluding hydrogens is 302 g/mol. The fraction of sp³-hybridized carbons (Fsp3) is 0.211. The number of nitrogens with zero attached hydrogens (tertiary/aromatic N) is 2. The number of fused-ring (bicyclic) bond motifs is 1. The second-order valence-corrected chi connectivity index (χ2v) is 6.02. The lowest BCUT2D eigenvalue weighted by Gasteiger charge is -2.15. The van der Waals surface area contributed by atoms with E-state index in [9.17, 15) is 9.59 Å². The summed E-state index contributed by atoms with van der Waals surface area (Å²) in [6.45, 7) is 5.62. The Kier molecular flexibility index (Phi) is 4.16. The number of rotatable bonds is 3. The van der Waals surface area contributed by atoms with Crippen LogP contribution in [0.25, 0.3) is 10.8 Å². The van der Waals surface area contributed by atoms with Crippen LogP contribution in [0.15, 0.2) is 53.5 Å². The molecule has 0 aliphatic carbocycles. The van der Waals surface area contributed by atoms with Gasteiger partial charge in [0.25, 0.3) is 5.56 Å². The molecule has 0 spiro atoms. The number of hydrogen-bond acceptors (Lipinski definition) is 3. The number of amides is 1. The Morgan fingerprint density at radius 2 is 1.79 bits per heavy atom. The van der Waals surface area contributed by atoms with Gasteiger partial charge < -0.3 is 5.32 Å². The molecule has 0 aliphatic rings. The van der Waals surface area contributed by atoms with Crippen LogP contribution in [0.4, 0.5) is 5.69 Å². The fourth-order valence-corrected chi connectivity index (χ4v) is 2.79. The summed E-state index contributed by atoms with van der Waals surface area (Å²) in [7, 11) is 0. The van der Waals surface area contributed by atoms with Crippen LogP contribution in [0.3, 0.4) is 0 Å². The average Bonchev–Trinajstić information content (AvgIpc) is 2.54. The van der Waals surface area contributed by atoms with E-state index in [1.807, 2.05) is 44.2 Å². The summed E-state index contributed by atoms with van der Waals surface area (Å²) in [5.74, 6) is -0.273. The van der Waals surface area contributed by atoms with Crippen LogP contribution in [0.2, 0.25) is 0 Å². The standard InChI is InChI=1S/C19H19N3O2/c1-12-8-13(2)10-16(9-12)21-18(23)14(3)22-19(24)17-7-5-4-6-15(17)11-20-22/h4-11,14H,1-3H3,(H,21,23). The van der Waals surface area contributed by atoms with Crippen molar-refractivity contribution in [2.24, 2.45) is 0 Å². The normalized spacial score (nSPS) is 12.1. The highest BCUT2D eigenvalue weighted by molar-refractivity contribution is 5.93. The molecule has 1 aromatic heterocycles. The monoisotopic (exact) mass is 321 g/mol. The smallest absolute Gasteiger partial charge is 0.275 e. The largest absolute Gasteiger partial charge is 0.324 e. The minimum absolute atomic E-state index is 0.267. The van der Waals surface area contributed by atoms with Crippen LogP contribution in [0, 0.1) is 13.8 Å².